The zero-order chi connectivity index (χ0) is 24.0. The zero-order valence-corrected chi connectivity index (χ0v) is 19.5. The molecule has 0 bridgehead atoms. The van der Waals surface area contributed by atoms with E-state index >= 15 is 0 Å². The molecule has 1 heterocycles. The number of nitrogens with one attached hydrogen (secondary N) is 1. The lowest BCUT2D eigenvalue weighted by Crippen LogP contribution is -2.48. The number of carboxylic acid groups (broad SMARTS) is 1. The molecule has 3 rings (SSSR count). The summed E-state index contributed by atoms with van der Waals surface area (Å²) in [4.78, 5) is 51.0. The molecule has 3 N–H and O–H groups in total. The maximum absolute atomic E-state index is 13.9. The minimum atomic E-state index is -2.18. The van der Waals surface area contributed by atoms with E-state index in [0.29, 0.717) is 5.92 Å². The topological polar surface area (TPSA) is 121 Å². The van der Waals surface area contributed by atoms with Gasteiger partial charge >= 0.3 is 5.97 Å². The highest BCUT2D eigenvalue weighted by atomic mass is 16.4. The summed E-state index contributed by atoms with van der Waals surface area (Å²) in [6.45, 7) is 9.33. The summed E-state index contributed by atoms with van der Waals surface area (Å²) in [7, 11) is 0. The number of hydrogen-bond donors (Lipinski definition) is 3. The van der Waals surface area contributed by atoms with E-state index in [4.69, 9.17) is 0 Å². The van der Waals surface area contributed by atoms with E-state index in [-0.39, 0.29) is 29.5 Å². The number of hydrogen-bond acceptors (Lipinski definition) is 5. The molecule has 0 aromatic carbocycles. The van der Waals surface area contributed by atoms with Gasteiger partial charge in [-0.25, -0.2) is 4.79 Å². The van der Waals surface area contributed by atoms with Crippen molar-refractivity contribution >= 4 is 23.4 Å². The standard InChI is InChI=1S/C25H35NO6/c1-6-13(3)16-8-7-15-10-12(2)9-14(4)18(15)19(16)22(28)20-21(27)17(26-23(20)29)11-25(5,32)24(30)31/h6-8,12,14-20,32H,9-11H2,1-5H3,(H,26,29)(H,30,31). The molecule has 7 heteroatoms. The van der Waals surface area contributed by atoms with Gasteiger partial charge in [0.2, 0.25) is 5.91 Å². The van der Waals surface area contributed by atoms with Crippen LogP contribution in [0.25, 0.3) is 0 Å². The molecule has 2 fully saturated rings. The van der Waals surface area contributed by atoms with Crippen LogP contribution in [0.4, 0.5) is 0 Å². The summed E-state index contributed by atoms with van der Waals surface area (Å²) in [5, 5.41) is 21.7. The maximum atomic E-state index is 13.9. The third kappa shape index (κ3) is 4.32. The lowest BCUT2D eigenvalue weighted by atomic mass is 9.56. The number of aliphatic hydroxyl groups is 1. The lowest BCUT2D eigenvalue weighted by Gasteiger charge is -2.47. The lowest BCUT2D eigenvalue weighted by molar-refractivity contribution is -0.158. The van der Waals surface area contributed by atoms with E-state index in [1.165, 1.54) is 0 Å². The summed E-state index contributed by atoms with van der Waals surface area (Å²) < 4.78 is 0. The van der Waals surface area contributed by atoms with E-state index in [1.807, 2.05) is 19.9 Å². The second kappa shape index (κ2) is 8.93. The number of carbonyl (C=O) groups is 4. The van der Waals surface area contributed by atoms with E-state index in [2.05, 4.69) is 31.3 Å². The Kier molecular flexibility index (Phi) is 6.80. The van der Waals surface area contributed by atoms with Crippen LogP contribution in [0.1, 0.15) is 53.9 Å². The quantitative estimate of drug-likeness (QED) is 0.427. The van der Waals surface area contributed by atoms with E-state index in [0.717, 1.165) is 25.3 Å². The molecule has 7 nitrogen and oxygen atoms in total. The van der Waals surface area contributed by atoms with Gasteiger partial charge in [0.15, 0.2) is 23.1 Å². The molecule has 32 heavy (non-hydrogen) atoms. The van der Waals surface area contributed by atoms with Crippen molar-refractivity contribution in [2.24, 2.45) is 41.4 Å². The molecule has 1 saturated heterocycles. The molecular weight excluding hydrogens is 410 g/mol. The number of fused-ring (bicyclic) bond motifs is 1. The van der Waals surface area contributed by atoms with Crippen molar-refractivity contribution < 1.29 is 29.4 Å². The van der Waals surface area contributed by atoms with Gasteiger partial charge < -0.3 is 15.5 Å². The van der Waals surface area contributed by atoms with Crippen LogP contribution in [0.5, 0.6) is 0 Å². The number of amides is 1. The predicted molar refractivity (Wildman–Crippen MR) is 118 cm³/mol. The van der Waals surface area contributed by atoms with Gasteiger partial charge in [-0.2, -0.15) is 0 Å². The van der Waals surface area contributed by atoms with Crippen molar-refractivity contribution in [1.82, 2.24) is 5.32 Å². The first-order chi connectivity index (χ1) is 14.9. The Labute approximate surface area is 189 Å². The Morgan fingerprint density at radius 1 is 1.22 bits per heavy atom. The van der Waals surface area contributed by atoms with Gasteiger partial charge in [0.05, 0.1) is 6.04 Å². The van der Waals surface area contributed by atoms with Crippen molar-refractivity contribution in [2.75, 3.05) is 0 Å². The molecule has 3 aliphatic rings. The monoisotopic (exact) mass is 445 g/mol. The first-order valence-electron chi connectivity index (χ1n) is 11.5. The average molecular weight is 446 g/mol. The van der Waals surface area contributed by atoms with Gasteiger partial charge in [-0.3, -0.25) is 14.4 Å². The Morgan fingerprint density at radius 2 is 1.88 bits per heavy atom. The zero-order valence-electron chi connectivity index (χ0n) is 19.5. The largest absolute Gasteiger partial charge is 0.479 e. The molecule has 176 valence electrons. The van der Waals surface area contributed by atoms with Gasteiger partial charge in [-0.1, -0.05) is 37.6 Å². The molecule has 9 unspecified atom stereocenters. The molecule has 0 aromatic rings. The Balaban J connectivity index is 1.94. The minimum absolute atomic E-state index is 0.0466. The Morgan fingerprint density at radius 3 is 2.47 bits per heavy atom. The van der Waals surface area contributed by atoms with Crippen molar-refractivity contribution in [3.8, 4) is 0 Å². The van der Waals surface area contributed by atoms with Gasteiger partial charge in [-0.15, -0.1) is 0 Å². The van der Waals surface area contributed by atoms with E-state index in [1.54, 1.807) is 0 Å². The first kappa shape index (κ1) is 24.4. The SMILES string of the molecule is CC=C(C)C1C=CC2CC(C)CC(C)C2C1C(=O)C1C(=O)NC(CC(C)(O)C(=O)O)C1=O. The van der Waals surface area contributed by atoms with Crippen LogP contribution in [0.3, 0.4) is 0 Å². The van der Waals surface area contributed by atoms with Crippen LogP contribution in [-0.4, -0.2) is 45.3 Å². The van der Waals surface area contributed by atoms with Crippen molar-refractivity contribution in [1.29, 1.82) is 0 Å². The Bertz CT molecular complexity index is 872. The van der Waals surface area contributed by atoms with Crippen LogP contribution < -0.4 is 5.32 Å². The fraction of sp³-hybridized carbons (Fsp3) is 0.680. The number of carbonyl (C=O) groups excluding carboxylic acids is 3. The number of aliphatic carboxylic acids is 1. The highest BCUT2D eigenvalue weighted by Gasteiger charge is 2.54. The summed E-state index contributed by atoms with van der Waals surface area (Å²) in [6.07, 6.45) is 7.74. The van der Waals surface area contributed by atoms with Crippen molar-refractivity contribution in [2.45, 2.75) is 65.5 Å². The fourth-order valence-corrected chi connectivity index (χ4v) is 6.13. The molecule has 0 radical (unpaired) electrons. The highest BCUT2D eigenvalue weighted by molar-refractivity contribution is 6.25. The number of carboxylic acids is 1. The Hall–Kier alpha value is -2.28. The third-order valence-corrected chi connectivity index (χ3v) is 7.83. The molecular formula is C25H35NO6. The smallest absolute Gasteiger partial charge is 0.335 e. The third-order valence-electron chi connectivity index (χ3n) is 7.83. The van der Waals surface area contributed by atoms with Gasteiger partial charge in [-0.05, 0) is 57.3 Å². The molecule has 0 aromatic heterocycles. The first-order valence-corrected chi connectivity index (χ1v) is 11.5. The van der Waals surface area contributed by atoms with Gasteiger partial charge in [0, 0.05) is 18.3 Å². The van der Waals surface area contributed by atoms with E-state index in [9.17, 15) is 29.4 Å². The fourth-order valence-electron chi connectivity index (χ4n) is 6.13. The normalized spacial score (nSPS) is 39.2. The molecule has 9 atom stereocenters. The average Bonchev–Trinajstić information content (AvgIpc) is 2.98. The number of allylic oxidation sites excluding steroid dienone is 4. The van der Waals surface area contributed by atoms with E-state index < -0.39 is 47.6 Å². The maximum Gasteiger partial charge on any atom is 0.335 e. The predicted octanol–water partition coefficient (Wildman–Crippen LogP) is 2.53. The van der Waals surface area contributed by atoms with Gasteiger partial charge in [0.1, 0.15) is 0 Å². The second-order valence-electron chi connectivity index (χ2n) is 10.3. The minimum Gasteiger partial charge on any atom is -0.479 e. The van der Waals surface area contributed by atoms with Crippen LogP contribution in [0, 0.1) is 41.4 Å². The summed E-state index contributed by atoms with van der Waals surface area (Å²) in [5.74, 6) is -4.21. The highest BCUT2D eigenvalue weighted by Crippen LogP contribution is 2.50. The molecule has 1 amide bonds. The number of rotatable bonds is 6. The molecule has 1 saturated carbocycles. The molecule has 1 aliphatic heterocycles. The van der Waals surface area contributed by atoms with Crippen molar-refractivity contribution in [3.05, 3.63) is 23.8 Å². The van der Waals surface area contributed by atoms with Crippen LogP contribution in [-0.2, 0) is 19.2 Å². The summed E-state index contributed by atoms with van der Waals surface area (Å²) >= 11 is 0. The summed E-state index contributed by atoms with van der Waals surface area (Å²) in [6, 6.07) is -1.19. The van der Waals surface area contributed by atoms with Crippen LogP contribution in [0.15, 0.2) is 23.8 Å². The van der Waals surface area contributed by atoms with Crippen molar-refractivity contribution in [3.63, 3.8) is 0 Å². The van der Waals surface area contributed by atoms with Crippen LogP contribution >= 0.6 is 0 Å². The molecule has 0 spiro atoms. The number of ketones is 2. The number of Topliss-reactive ketones (excluding diaryl/α,β-unsaturated/α-hetero) is 2. The van der Waals surface area contributed by atoms with Gasteiger partial charge in [0.25, 0.3) is 0 Å². The molecule has 2 aliphatic carbocycles. The summed E-state index contributed by atoms with van der Waals surface area (Å²) in [5.41, 5.74) is -1.15. The second-order valence-corrected chi connectivity index (χ2v) is 10.3. The van der Waals surface area contributed by atoms with Crippen LogP contribution in [0.2, 0.25) is 0 Å².